The second-order valence-corrected chi connectivity index (χ2v) is 7.40. The summed E-state index contributed by atoms with van der Waals surface area (Å²) >= 11 is 0. The van der Waals surface area contributed by atoms with E-state index in [0.717, 1.165) is 0 Å². The van der Waals surface area contributed by atoms with Crippen LogP contribution in [0.25, 0.3) is 0 Å². The summed E-state index contributed by atoms with van der Waals surface area (Å²) in [4.78, 5) is 0. The zero-order valence-corrected chi connectivity index (χ0v) is 11.3. The second-order valence-electron chi connectivity index (χ2n) is 5.17. The summed E-state index contributed by atoms with van der Waals surface area (Å²) in [5.41, 5.74) is 5.87. The number of benzene rings is 1. The van der Waals surface area contributed by atoms with Gasteiger partial charge in [0.2, 0.25) is 0 Å². The molecule has 0 amide bonds. The molecule has 1 heterocycles. The van der Waals surface area contributed by atoms with E-state index in [1.807, 2.05) is 0 Å². The maximum Gasteiger partial charge on any atom is 0.150 e. The number of halogens is 2. The molecule has 106 valence electrons. The van der Waals surface area contributed by atoms with E-state index in [2.05, 4.69) is 0 Å². The SMILES string of the molecule is NC(Cc1c(F)cccc1F)CC1CCS(=O)(=O)C1. The number of hydrogen-bond donors (Lipinski definition) is 1. The molecule has 6 heteroatoms. The molecule has 0 aliphatic carbocycles. The normalized spacial score (nSPS) is 23.4. The number of hydrogen-bond acceptors (Lipinski definition) is 3. The molecule has 2 atom stereocenters. The second kappa shape index (κ2) is 5.54. The minimum absolute atomic E-state index is 0.00911. The Morgan fingerprint density at radius 1 is 1.32 bits per heavy atom. The smallest absolute Gasteiger partial charge is 0.150 e. The summed E-state index contributed by atoms with van der Waals surface area (Å²) in [6.07, 6.45) is 1.16. The van der Waals surface area contributed by atoms with Gasteiger partial charge in [-0.2, -0.15) is 0 Å². The predicted molar refractivity (Wildman–Crippen MR) is 69.4 cm³/mol. The minimum Gasteiger partial charge on any atom is -0.327 e. The van der Waals surface area contributed by atoms with Gasteiger partial charge in [-0.05, 0) is 37.3 Å². The van der Waals surface area contributed by atoms with Crippen LogP contribution < -0.4 is 5.73 Å². The summed E-state index contributed by atoms with van der Waals surface area (Å²) < 4.78 is 49.6. The highest BCUT2D eigenvalue weighted by Crippen LogP contribution is 2.24. The Kier molecular flexibility index (Phi) is 4.20. The fraction of sp³-hybridized carbons (Fsp3) is 0.538. The fourth-order valence-corrected chi connectivity index (χ4v) is 4.44. The standard InChI is InChI=1S/C13H17F2NO2S/c14-12-2-1-3-13(15)11(12)7-10(16)6-9-4-5-19(17,18)8-9/h1-3,9-10H,4-8,16H2. The van der Waals surface area contributed by atoms with Gasteiger partial charge in [-0.1, -0.05) is 6.07 Å². The molecule has 0 aromatic heterocycles. The van der Waals surface area contributed by atoms with Crippen molar-refractivity contribution in [2.24, 2.45) is 11.7 Å². The van der Waals surface area contributed by atoms with E-state index >= 15 is 0 Å². The maximum atomic E-state index is 13.5. The third kappa shape index (κ3) is 3.73. The topological polar surface area (TPSA) is 60.2 Å². The minimum atomic E-state index is -2.93. The van der Waals surface area contributed by atoms with Crippen LogP contribution in [0.4, 0.5) is 8.78 Å². The van der Waals surface area contributed by atoms with Crippen molar-refractivity contribution in [2.45, 2.75) is 25.3 Å². The maximum absolute atomic E-state index is 13.5. The molecule has 3 nitrogen and oxygen atoms in total. The molecule has 19 heavy (non-hydrogen) atoms. The Morgan fingerprint density at radius 2 is 1.95 bits per heavy atom. The number of sulfone groups is 1. The quantitative estimate of drug-likeness (QED) is 0.917. The molecule has 0 saturated carbocycles. The lowest BCUT2D eigenvalue weighted by Gasteiger charge is -2.16. The highest BCUT2D eigenvalue weighted by molar-refractivity contribution is 7.91. The Bertz CT molecular complexity index is 540. The first-order valence-corrected chi connectivity index (χ1v) is 8.08. The molecule has 2 N–H and O–H groups in total. The lowest BCUT2D eigenvalue weighted by molar-refractivity contribution is 0.453. The van der Waals surface area contributed by atoms with Gasteiger partial charge in [-0.25, -0.2) is 17.2 Å². The van der Waals surface area contributed by atoms with Crippen LogP contribution in [0.3, 0.4) is 0 Å². The molecule has 1 aromatic rings. The van der Waals surface area contributed by atoms with Gasteiger partial charge in [-0.15, -0.1) is 0 Å². The zero-order chi connectivity index (χ0) is 14.0. The van der Waals surface area contributed by atoms with Crippen molar-refractivity contribution < 1.29 is 17.2 Å². The van der Waals surface area contributed by atoms with E-state index < -0.39 is 27.5 Å². The molecule has 0 radical (unpaired) electrons. The van der Waals surface area contributed by atoms with Crippen molar-refractivity contribution in [3.63, 3.8) is 0 Å². The molecule has 0 bridgehead atoms. The van der Waals surface area contributed by atoms with E-state index in [1.54, 1.807) is 0 Å². The molecular weight excluding hydrogens is 272 g/mol. The van der Waals surface area contributed by atoms with E-state index in [1.165, 1.54) is 18.2 Å². The Balaban J connectivity index is 1.97. The number of rotatable bonds is 4. The summed E-state index contributed by atoms with van der Waals surface area (Å²) in [7, 11) is -2.93. The van der Waals surface area contributed by atoms with E-state index in [4.69, 9.17) is 5.73 Å². The van der Waals surface area contributed by atoms with Gasteiger partial charge in [-0.3, -0.25) is 0 Å². The Hall–Kier alpha value is -1.01. The first-order valence-electron chi connectivity index (χ1n) is 6.26. The Morgan fingerprint density at radius 3 is 2.47 bits per heavy atom. The van der Waals surface area contributed by atoms with Gasteiger partial charge in [0.05, 0.1) is 11.5 Å². The summed E-state index contributed by atoms with van der Waals surface area (Å²) in [5.74, 6) is -0.863. The highest BCUT2D eigenvalue weighted by Gasteiger charge is 2.29. The first-order chi connectivity index (χ1) is 8.87. The monoisotopic (exact) mass is 289 g/mol. The van der Waals surface area contributed by atoms with Gasteiger partial charge < -0.3 is 5.73 Å². The van der Waals surface area contributed by atoms with Crippen LogP contribution in [0.15, 0.2) is 18.2 Å². The van der Waals surface area contributed by atoms with Crippen LogP contribution in [-0.4, -0.2) is 26.0 Å². The van der Waals surface area contributed by atoms with Crippen LogP contribution in [0.5, 0.6) is 0 Å². The Labute approximate surface area is 111 Å². The van der Waals surface area contributed by atoms with Crippen molar-refractivity contribution in [1.29, 1.82) is 0 Å². The summed E-state index contributed by atoms with van der Waals surface area (Å²) in [6, 6.07) is 3.28. The van der Waals surface area contributed by atoms with Crippen molar-refractivity contribution in [3.05, 3.63) is 35.4 Å². The number of nitrogens with two attached hydrogens (primary N) is 1. The fourth-order valence-electron chi connectivity index (χ4n) is 2.56. The zero-order valence-electron chi connectivity index (χ0n) is 10.5. The molecule has 1 aliphatic rings. The van der Waals surface area contributed by atoms with Crippen LogP contribution >= 0.6 is 0 Å². The molecule has 0 spiro atoms. The average molecular weight is 289 g/mol. The molecule has 1 aliphatic heterocycles. The van der Waals surface area contributed by atoms with Crippen LogP contribution in [-0.2, 0) is 16.3 Å². The van der Waals surface area contributed by atoms with Crippen molar-refractivity contribution in [1.82, 2.24) is 0 Å². The molecule has 1 aromatic carbocycles. The molecule has 1 fully saturated rings. The largest absolute Gasteiger partial charge is 0.327 e. The lowest BCUT2D eigenvalue weighted by atomic mass is 9.95. The summed E-state index contributed by atoms with van der Waals surface area (Å²) in [5, 5.41) is 0. The van der Waals surface area contributed by atoms with Crippen molar-refractivity contribution in [3.8, 4) is 0 Å². The first kappa shape index (κ1) is 14.4. The lowest BCUT2D eigenvalue weighted by Crippen LogP contribution is -2.27. The van der Waals surface area contributed by atoms with Crippen molar-refractivity contribution in [2.75, 3.05) is 11.5 Å². The van der Waals surface area contributed by atoms with Gasteiger partial charge in [0, 0.05) is 11.6 Å². The summed E-state index contributed by atoms with van der Waals surface area (Å²) in [6.45, 7) is 0. The predicted octanol–water partition coefficient (Wildman–Crippen LogP) is 1.66. The third-order valence-corrected chi connectivity index (χ3v) is 5.33. The molecule has 2 rings (SSSR count). The van der Waals surface area contributed by atoms with E-state index in [-0.39, 0.29) is 29.4 Å². The van der Waals surface area contributed by atoms with Gasteiger partial charge >= 0.3 is 0 Å². The average Bonchev–Trinajstić information content (AvgIpc) is 2.63. The van der Waals surface area contributed by atoms with Gasteiger partial charge in [0.25, 0.3) is 0 Å². The third-order valence-electron chi connectivity index (χ3n) is 3.49. The molecule has 2 unspecified atom stereocenters. The van der Waals surface area contributed by atoms with Crippen LogP contribution in [0.1, 0.15) is 18.4 Å². The van der Waals surface area contributed by atoms with Gasteiger partial charge in [0.15, 0.2) is 9.84 Å². The molecular formula is C13H17F2NO2S. The molecule has 1 saturated heterocycles. The van der Waals surface area contributed by atoms with E-state index in [0.29, 0.717) is 12.8 Å². The van der Waals surface area contributed by atoms with Crippen LogP contribution in [0, 0.1) is 17.6 Å². The highest BCUT2D eigenvalue weighted by atomic mass is 32.2. The van der Waals surface area contributed by atoms with Crippen LogP contribution in [0.2, 0.25) is 0 Å². The van der Waals surface area contributed by atoms with Crippen molar-refractivity contribution >= 4 is 9.84 Å². The van der Waals surface area contributed by atoms with Gasteiger partial charge in [0.1, 0.15) is 11.6 Å². The van der Waals surface area contributed by atoms with E-state index in [9.17, 15) is 17.2 Å².